The van der Waals surface area contributed by atoms with E-state index in [-0.39, 0.29) is 0 Å². The van der Waals surface area contributed by atoms with E-state index in [4.69, 9.17) is 9.72 Å². The SMILES string of the molecule is Cc1cccc(OCCCCn2c(-c3ccccc3)nc3ccccc32)c1. The Morgan fingerprint density at radius 3 is 2.52 bits per heavy atom. The highest BCUT2D eigenvalue weighted by Gasteiger charge is 2.11. The lowest BCUT2D eigenvalue weighted by molar-refractivity contribution is 0.303. The third kappa shape index (κ3) is 4.03. The van der Waals surface area contributed by atoms with Crippen molar-refractivity contribution in [3.63, 3.8) is 0 Å². The van der Waals surface area contributed by atoms with Crippen LogP contribution in [0.5, 0.6) is 5.75 Å². The van der Waals surface area contributed by atoms with Crippen LogP contribution in [0.2, 0.25) is 0 Å². The Balaban J connectivity index is 1.45. The average molecular weight is 356 g/mol. The summed E-state index contributed by atoms with van der Waals surface area (Å²) in [7, 11) is 0. The van der Waals surface area contributed by atoms with Crippen LogP contribution >= 0.6 is 0 Å². The van der Waals surface area contributed by atoms with Crippen molar-refractivity contribution in [1.82, 2.24) is 9.55 Å². The van der Waals surface area contributed by atoms with Crippen LogP contribution in [-0.4, -0.2) is 16.2 Å². The van der Waals surface area contributed by atoms with Crippen LogP contribution in [0.3, 0.4) is 0 Å². The molecule has 0 unspecified atom stereocenters. The molecule has 0 aliphatic rings. The molecule has 0 amide bonds. The fourth-order valence-electron chi connectivity index (χ4n) is 3.38. The molecule has 0 aliphatic heterocycles. The van der Waals surface area contributed by atoms with E-state index in [9.17, 15) is 0 Å². The van der Waals surface area contributed by atoms with Gasteiger partial charge in [-0.05, 0) is 49.6 Å². The van der Waals surface area contributed by atoms with Crippen LogP contribution in [0.15, 0.2) is 78.9 Å². The fourth-order valence-corrected chi connectivity index (χ4v) is 3.38. The second kappa shape index (κ2) is 8.09. The largest absolute Gasteiger partial charge is 0.494 e. The van der Waals surface area contributed by atoms with E-state index in [0.717, 1.165) is 48.6 Å². The first-order valence-electron chi connectivity index (χ1n) is 9.51. The molecular weight excluding hydrogens is 332 g/mol. The van der Waals surface area contributed by atoms with Crippen LogP contribution in [0.1, 0.15) is 18.4 Å². The molecular formula is C24H24N2O. The maximum atomic E-state index is 5.88. The number of rotatable bonds is 7. The van der Waals surface area contributed by atoms with E-state index in [1.54, 1.807) is 0 Å². The zero-order valence-electron chi connectivity index (χ0n) is 15.6. The minimum atomic E-state index is 0.733. The van der Waals surface area contributed by atoms with Gasteiger partial charge in [-0.25, -0.2) is 4.98 Å². The lowest BCUT2D eigenvalue weighted by atomic mass is 10.2. The molecule has 0 radical (unpaired) electrons. The normalized spacial score (nSPS) is 11.0. The van der Waals surface area contributed by atoms with Gasteiger partial charge in [0.25, 0.3) is 0 Å². The predicted octanol–water partition coefficient (Wildman–Crippen LogP) is 5.87. The number of imidazole rings is 1. The van der Waals surface area contributed by atoms with Gasteiger partial charge in [-0.1, -0.05) is 54.6 Å². The van der Waals surface area contributed by atoms with Crippen LogP contribution in [0.25, 0.3) is 22.4 Å². The Hall–Kier alpha value is -3.07. The molecule has 4 rings (SSSR count). The van der Waals surface area contributed by atoms with Crippen molar-refractivity contribution < 1.29 is 4.74 Å². The molecule has 0 saturated carbocycles. The highest BCUT2D eigenvalue weighted by Crippen LogP contribution is 2.25. The molecule has 4 aromatic rings. The molecule has 0 saturated heterocycles. The zero-order chi connectivity index (χ0) is 18.5. The van der Waals surface area contributed by atoms with Crippen molar-refractivity contribution in [1.29, 1.82) is 0 Å². The molecule has 0 atom stereocenters. The molecule has 3 heteroatoms. The third-order valence-electron chi connectivity index (χ3n) is 4.72. The molecule has 27 heavy (non-hydrogen) atoms. The molecule has 3 aromatic carbocycles. The number of ether oxygens (including phenoxy) is 1. The van der Waals surface area contributed by atoms with Crippen LogP contribution in [-0.2, 0) is 6.54 Å². The second-order valence-electron chi connectivity index (χ2n) is 6.81. The number of hydrogen-bond acceptors (Lipinski definition) is 2. The van der Waals surface area contributed by atoms with E-state index in [0.29, 0.717) is 0 Å². The molecule has 0 N–H and O–H groups in total. The van der Waals surface area contributed by atoms with Crippen molar-refractivity contribution in [2.24, 2.45) is 0 Å². The molecule has 0 aliphatic carbocycles. The summed E-state index contributed by atoms with van der Waals surface area (Å²) in [6.07, 6.45) is 2.06. The van der Waals surface area contributed by atoms with Crippen LogP contribution in [0.4, 0.5) is 0 Å². The molecule has 0 fully saturated rings. The molecule has 136 valence electrons. The summed E-state index contributed by atoms with van der Waals surface area (Å²) in [5, 5.41) is 0. The maximum absolute atomic E-state index is 5.88. The number of hydrogen-bond donors (Lipinski definition) is 0. The monoisotopic (exact) mass is 356 g/mol. The molecule has 1 heterocycles. The Labute approximate surface area is 160 Å². The highest BCUT2D eigenvalue weighted by atomic mass is 16.5. The van der Waals surface area contributed by atoms with Crippen molar-refractivity contribution in [3.05, 3.63) is 84.4 Å². The summed E-state index contributed by atoms with van der Waals surface area (Å²) < 4.78 is 8.21. The number of aromatic nitrogens is 2. The minimum Gasteiger partial charge on any atom is -0.494 e. The Morgan fingerprint density at radius 2 is 1.67 bits per heavy atom. The first-order valence-corrected chi connectivity index (χ1v) is 9.51. The first kappa shape index (κ1) is 17.3. The van der Waals surface area contributed by atoms with Crippen molar-refractivity contribution in [2.45, 2.75) is 26.3 Å². The van der Waals surface area contributed by atoms with Gasteiger partial charge in [-0.15, -0.1) is 0 Å². The lowest BCUT2D eigenvalue weighted by Gasteiger charge is -2.10. The fraction of sp³-hybridized carbons (Fsp3) is 0.208. The molecule has 0 spiro atoms. The maximum Gasteiger partial charge on any atom is 0.141 e. The minimum absolute atomic E-state index is 0.733. The number of unbranched alkanes of at least 4 members (excludes halogenated alkanes) is 1. The van der Waals surface area contributed by atoms with Gasteiger partial charge < -0.3 is 9.30 Å². The van der Waals surface area contributed by atoms with E-state index < -0.39 is 0 Å². The summed E-state index contributed by atoms with van der Waals surface area (Å²) in [6, 6.07) is 27.0. The molecule has 3 nitrogen and oxygen atoms in total. The van der Waals surface area contributed by atoms with E-state index in [1.165, 1.54) is 11.1 Å². The van der Waals surface area contributed by atoms with Gasteiger partial charge in [-0.3, -0.25) is 0 Å². The van der Waals surface area contributed by atoms with E-state index >= 15 is 0 Å². The Kier molecular flexibility index (Phi) is 5.20. The van der Waals surface area contributed by atoms with Gasteiger partial charge in [0.1, 0.15) is 11.6 Å². The lowest BCUT2D eigenvalue weighted by Crippen LogP contribution is -2.04. The Bertz CT molecular complexity index is 1020. The summed E-state index contributed by atoms with van der Waals surface area (Å²) in [5.74, 6) is 1.99. The molecule has 0 bridgehead atoms. The zero-order valence-corrected chi connectivity index (χ0v) is 15.6. The topological polar surface area (TPSA) is 27.1 Å². The number of fused-ring (bicyclic) bond motifs is 1. The third-order valence-corrected chi connectivity index (χ3v) is 4.72. The van der Waals surface area contributed by atoms with Gasteiger partial charge >= 0.3 is 0 Å². The van der Waals surface area contributed by atoms with Gasteiger partial charge in [-0.2, -0.15) is 0 Å². The van der Waals surface area contributed by atoms with Gasteiger partial charge in [0.2, 0.25) is 0 Å². The number of aryl methyl sites for hydroxylation is 2. The highest BCUT2D eigenvalue weighted by molar-refractivity contribution is 5.80. The standard InChI is InChI=1S/C24H24N2O/c1-19-10-9-13-21(18-19)27-17-8-7-16-26-23-15-6-5-14-22(23)25-24(26)20-11-3-2-4-12-20/h2-6,9-15,18H,7-8,16-17H2,1H3. The summed E-state index contributed by atoms with van der Waals surface area (Å²) in [5.41, 5.74) is 4.62. The number of nitrogens with zero attached hydrogens (tertiary/aromatic N) is 2. The van der Waals surface area contributed by atoms with Gasteiger partial charge in [0.15, 0.2) is 0 Å². The van der Waals surface area contributed by atoms with Gasteiger partial charge in [0.05, 0.1) is 17.6 Å². The van der Waals surface area contributed by atoms with Gasteiger partial charge in [0, 0.05) is 12.1 Å². The summed E-state index contributed by atoms with van der Waals surface area (Å²) >= 11 is 0. The van der Waals surface area contributed by atoms with E-state index in [2.05, 4.69) is 66.1 Å². The van der Waals surface area contributed by atoms with E-state index in [1.807, 2.05) is 24.3 Å². The number of para-hydroxylation sites is 2. The average Bonchev–Trinajstić information content (AvgIpc) is 3.07. The molecule has 1 aromatic heterocycles. The predicted molar refractivity (Wildman–Crippen MR) is 111 cm³/mol. The second-order valence-corrected chi connectivity index (χ2v) is 6.81. The van der Waals surface area contributed by atoms with Crippen molar-refractivity contribution in [2.75, 3.05) is 6.61 Å². The van der Waals surface area contributed by atoms with Crippen molar-refractivity contribution in [3.8, 4) is 17.1 Å². The Morgan fingerprint density at radius 1 is 0.852 bits per heavy atom. The smallest absolute Gasteiger partial charge is 0.141 e. The number of benzene rings is 3. The van der Waals surface area contributed by atoms with Crippen LogP contribution in [0, 0.1) is 6.92 Å². The van der Waals surface area contributed by atoms with Crippen LogP contribution < -0.4 is 4.74 Å². The summed E-state index contributed by atoms with van der Waals surface area (Å²) in [4.78, 5) is 4.87. The summed E-state index contributed by atoms with van der Waals surface area (Å²) in [6.45, 7) is 3.75. The quantitative estimate of drug-likeness (QED) is 0.387. The first-order chi connectivity index (χ1) is 13.3. The van der Waals surface area contributed by atoms with Crippen molar-refractivity contribution >= 4 is 11.0 Å².